The van der Waals surface area contributed by atoms with Gasteiger partial charge in [-0.15, -0.1) is 5.10 Å². The van der Waals surface area contributed by atoms with Crippen LogP contribution in [0.25, 0.3) is 11.4 Å². The number of alkyl halides is 6. The van der Waals surface area contributed by atoms with Gasteiger partial charge in [0.2, 0.25) is 15.9 Å². The monoisotopic (exact) mass is 627 g/mol. The van der Waals surface area contributed by atoms with Crippen molar-refractivity contribution in [3.05, 3.63) is 75.2 Å². The van der Waals surface area contributed by atoms with E-state index in [1.807, 2.05) is 0 Å². The molecule has 9 nitrogen and oxygen atoms in total. The first-order chi connectivity index (χ1) is 18.9. The minimum Gasteiger partial charge on any atom is -0.347 e. The van der Waals surface area contributed by atoms with Crippen molar-refractivity contribution in [2.75, 3.05) is 19.8 Å². The van der Waals surface area contributed by atoms with E-state index in [2.05, 4.69) is 10.4 Å². The maximum absolute atomic E-state index is 13.3. The third-order valence-corrected chi connectivity index (χ3v) is 7.94. The molecule has 1 amide bonds. The van der Waals surface area contributed by atoms with E-state index in [0.717, 1.165) is 21.0 Å². The Morgan fingerprint density at radius 1 is 1.07 bits per heavy atom. The van der Waals surface area contributed by atoms with Gasteiger partial charge in [0.25, 0.3) is 0 Å². The summed E-state index contributed by atoms with van der Waals surface area (Å²) in [5.74, 6) is -2.03. The molecule has 0 spiro atoms. The molecule has 0 aliphatic heterocycles. The van der Waals surface area contributed by atoms with E-state index in [9.17, 15) is 44.3 Å². The second-order valence-electron chi connectivity index (χ2n) is 9.09. The number of nitrogens with zero attached hydrogens (tertiary/aromatic N) is 4. The molecule has 41 heavy (non-hydrogen) atoms. The fourth-order valence-corrected chi connectivity index (χ4v) is 4.81. The van der Waals surface area contributed by atoms with Crippen LogP contribution in [0.2, 0.25) is 5.02 Å². The molecular formula is C24H24ClF6N5O4S. The Morgan fingerprint density at radius 2 is 1.71 bits per heavy atom. The molecule has 0 radical (unpaired) electrons. The molecule has 1 unspecified atom stereocenters. The fourth-order valence-electron chi connectivity index (χ4n) is 3.69. The number of halogens is 7. The van der Waals surface area contributed by atoms with Gasteiger partial charge in [0.15, 0.2) is 5.82 Å². The number of carbonyl (C=O) groups excluding carboxylic acids is 1. The van der Waals surface area contributed by atoms with Crippen molar-refractivity contribution in [2.45, 2.75) is 37.9 Å². The highest BCUT2D eigenvalue weighted by atomic mass is 35.5. The van der Waals surface area contributed by atoms with Crippen molar-refractivity contribution < 1.29 is 39.6 Å². The minimum atomic E-state index is -4.75. The maximum atomic E-state index is 13.3. The third kappa shape index (κ3) is 8.56. The molecule has 0 aliphatic rings. The highest BCUT2D eigenvalue weighted by Crippen LogP contribution is 2.31. The molecule has 3 aromatic rings. The number of sulfonamides is 1. The minimum absolute atomic E-state index is 0.177. The maximum Gasteiger partial charge on any atom is 0.416 e. The Morgan fingerprint density at radius 3 is 2.27 bits per heavy atom. The summed E-state index contributed by atoms with van der Waals surface area (Å²) in [6, 6.07) is 7.89. The number of amides is 1. The van der Waals surface area contributed by atoms with Crippen molar-refractivity contribution in [1.82, 2.24) is 24.0 Å². The van der Waals surface area contributed by atoms with Gasteiger partial charge in [-0.05, 0) is 42.0 Å². The number of rotatable bonds is 10. The zero-order valence-corrected chi connectivity index (χ0v) is 23.1. The SMILES string of the molecule is CN(C)S(=O)(=O)CC(NC(=O)Cn1nc(-c2ccc(Cl)cc2)n(CCC(F)(F)F)c1=O)c1cccc(C(F)(F)F)c1. The predicted octanol–water partition coefficient (Wildman–Crippen LogP) is 4.09. The standard InChI is InChI=1S/C24H24ClF6N5O4S/c1-34(2)41(39,40)14-19(16-4-3-5-17(12-16)24(29,30)31)32-20(37)13-36-22(38)35(11-10-23(26,27)28)21(33-36)15-6-8-18(25)9-7-15/h3-9,12,19H,10-11,13-14H2,1-2H3,(H,32,37). The van der Waals surface area contributed by atoms with Crippen molar-refractivity contribution in [3.8, 4) is 11.4 Å². The van der Waals surface area contributed by atoms with Crippen LogP contribution in [0, 0.1) is 0 Å². The molecule has 0 aliphatic carbocycles. The van der Waals surface area contributed by atoms with Gasteiger partial charge in [0.05, 0.1) is 23.8 Å². The zero-order chi connectivity index (χ0) is 30.8. The third-order valence-electron chi connectivity index (χ3n) is 5.82. The first kappa shape index (κ1) is 32.1. The van der Waals surface area contributed by atoms with Gasteiger partial charge >= 0.3 is 18.0 Å². The van der Waals surface area contributed by atoms with Crippen LogP contribution in [0.3, 0.4) is 0 Å². The van der Waals surface area contributed by atoms with Crippen LogP contribution < -0.4 is 11.0 Å². The molecule has 0 bridgehead atoms. The Balaban J connectivity index is 1.96. The predicted molar refractivity (Wildman–Crippen MR) is 137 cm³/mol. The van der Waals surface area contributed by atoms with Crippen LogP contribution in [-0.2, 0) is 34.1 Å². The molecule has 3 rings (SSSR count). The van der Waals surface area contributed by atoms with E-state index < -0.39 is 70.8 Å². The van der Waals surface area contributed by atoms with Gasteiger partial charge in [0.1, 0.15) is 6.54 Å². The van der Waals surface area contributed by atoms with Crippen molar-refractivity contribution in [2.24, 2.45) is 0 Å². The van der Waals surface area contributed by atoms with Gasteiger partial charge in [-0.3, -0.25) is 9.36 Å². The smallest absolute Gasteiger partial charge is 0.347 e. The van der Waals surface area contributed by atoms with E-state index in [4.69, 9.17) is 11.6 Å². The Labute approximate surface area is 235 Å². The highest BCUT2D eigenvalue weighted by Gasteiger charge is 2.33. The molecule has 0 saturated carbocycles. The molecule has 1 heterocycles. The summed E-state index contributed by atoms with van der Waals surface area (Å²) >= 11 is 5.86. The number of hydrogen-bond donors (Lipinski definition) is 1. The second-order valence-corrected chi connectivity index (χ2v) is 11.8. The van der Waals surface area contributed by atoms with Crippen molar-refractivity contribution in [3.63, 3.8) is 0 Å². The van der Waals surface area contributed by atoms with E-state index in [0.29, 0.717) is 15.8 Å². The number of nitrogens with one attached hydrogen (secondary N) is 1. The van der Waals surface area contributed by atoms with Crippen LogP contribution >= 0.6 is 11.6 Å². The summed E-state index contributed by atoms with van der Waals surface area (Å²) in [7, 11) is -1.65. The lowest BCUT2D eigenvalue weighted by Gasteiger charge is -2.22. The number of aromatic nitrogens is 3. The average molecular weight is 628 g/mol. The lowest BCUT2D eigenvalue weighted by Crippen LogP contribution is -2.40. The summed E-state index contributed by atoms with van der Waals surface area (Å²) in [6.45, 7) is -1.67. The molecule has 17 heteroatoms. The molecule has 224 valence electrons. The summed E-state index contributed by atoms with van der Waals surface area (Å²) in [6.07, 6.45) is -10.7. The number of carbonyl (C=O) groups is 1. The second kappa shape index (κ2) is 12.2. The Hall–Kier alpha value is -3.37. The van der Waals surface area contributed by atoms with Crippen LogP contribution in [0.1, 0.15) is 23.6 Å². The Kier molecular flexibility index (Phi) is 9.60. The largest absolute Gasteiger partial charge is 0.416 e. The lowest BCUT2D eigenvalue weighted by molar-refractivity contribution is -0.138. The van der Waals surface area contributed by atoms with Crippen molar-refractivity contribution in [1.29, 1.82) is 0 Å². The van der Waals surface area contributed by atoms with Crippen LogP contribution in [0.5, 0.6) is 0 Å². The van der Waals surface area contributed by atoms with E-state index in [1.165, 1.54) is 44.4 Å². The normalized spacial score (nSPS) is 13.4. The Bertz CT molecular complexity index is 1550. The fraction of sp³-hybridized carbons (Fsp3) is 0.375. The van der Waals surface area contributed by atoms with Gasteiger partial charge < -0.3 is 5.32 Å². The first-order valence-corrected chi connectivity index (χ1v) is 13.7. The average Bonchev–Trinajstić information content (AvgIpc) is 3.16. The highest BCUT2D eigenvalue weighted by molar-refractivity contribution is 7.89. The van der Waals surface area contributed by atoms with Gasteiger partial charge in [-0.25, -0.2) is 22.2 Å². The molecule has 1 atom stereocenters. The molecule has 2 aromatic carbocycles. The topological polar surface area (TPSA) is 106 Å². The van der Waals surface area contributed by atoms with Gasteiger partial charge in [-0.1, -0.05) is 23.7 Å². The van der Waals surface area contributed by atoms with Crippen LogP contribution in [-0.4, -0.2) is 59.0 Å². The van der Waals surface area contributed by atoms with E-state index in [-0.39, 0.29) is 17.0 Å². The van der Waals surface area contributed by atoms with E-state index >= 15 is 0 Å². The zero-order valence-electron chi connectivity index (χ0n) is 21.5. The molecule has 0 saturated heterocycles. The molecule has 0 fully saturated rings. The van der Waals surface area contributed by atoms with Crippen LogP contribution in [0.4, 0.5) is 26.3 Å². The summed E-state index contributed by atoms with van der Waals surface area (Å²) in [4.78, 5) is 25.9. The van der Waals surface area contributed by atoms with E-state index in [1.54, 1.807) is 0 Å². The van der Waals surface area contributed by atoms with Gasteiger partial charge in [-0.2, -0.15) is 26.3 Å². The van der Waals surface area contributed by atoms with Gasteiger partial charge in [0, 0.05) is 31.2 Å². The quantitative estimate of drug-likeness (QED) is 0.341. The lowest BCUT2D eigenvalue weighted by atomic mass is 10.0. The van der Waals surface area contributed by atoms with Crippen LogP contribution in [0.15, 0.2) is 53.3 Å². The summed E-state index contributed by atoms with van der Waals surface area (Å²) < 4.78 is 106. The summed E-state index contributed by atoms with van der Waals surface area (Å²) in [5, 5.41) is 6.62. The summed E-state index contributed by atoms with van der Waals surface area (Å²) in [5.41, 5.74) is -2.09. The number of hydrogen-bond acceptors (Lipinski definition) is 5. The molecule has 1 N–H and O–H groups in total. The molecule has 1 aromatic heterocycles. The van der Waals surface area contributed by atoms with Crippen molar-refractivity contribution >= 4 is 27.5 Å². The first-order valence-electron chi connectivity index (χ1n) is 11.7. The number of benzene rings is 2. The molecular weight excluding hydrogens is 604 g/mol.